The minimum atomic E-state index is -1.02. The molecule has 2 unspecified atom stereocenters. The predicted octanol–water partition coefficient (Wildman–Crippen LogP) is 2.39. The molecule has 0 radical (unpaired) electrons. The number of imidazole rings is 1. The zero-order valence-electron chi connectivity index (χ0n) is 10.5. The summed E-state index contributed by atoms with van der Waals surface area (Å²) in [5.74, 6) is 0.187. The molecular formula is C14H14N2O2S2. The highest BCUT2D eigenvalue weighted by Crippen LogP contribution is 2.32. The van der Waals surface area contributed by atoms with Crippen LogP contribution in [0.15, 0.2) is 41.9 Å². The SMILES string of the molecule is OC(CS)C(O)c1c(-c2ccccc2)nc2sccn12. The van der Waals surface area contributed by atoms with E-state index in [-0.39, 0.29) is 5.75 Å². The van der Waals surface area contributed by atoms with Gasteiger partial charge in [0.25, 0.3) is 0 Å². The largest absolute Gasteiger partial charge is 0.389 e. The highest BCUT2D eigenvalue weighted by Gasteiger charge is 2.26. The van der Waals surface area contributed by atoms with E-state index in [0.29, 0.717) is 11.4 Å². The number of hydrogen-bond acceptors (Lipinski definition) is 5. The van der Waals surface area contributed by atoms with Crippen molar-refractivity contribution < 1.29 is 10.2 Å². The number of hydrogen-bond donors (Lipinski definition) is 3. The van der Waals surface area contributed by atoms with Crippen molar-refractivity contribution in [1.29, 1.82) is 0 Å². The van der Waals surface area contributed by atoms with Gasteiger partial charge in [0.1, 0.15) is 6.10 Å². The first-order valence-electron chi connectivity index (χ1n) is 6.20. The van der Waals surface area contributed by atoms with E-state index in [4.69, 9.17) is 0 Å². The van der Waals surface area contributed by atoms with Crippen molar-refractivity contribution in [3.05, 3.63) is 47.6 Å². The molecule has 0 aliphatic carbocycles. The molecular weight excluding hydrogens is 292 g/mol. The topological polar surface area (TPSA) is 57.8 Å². The van der Waals surface area contributed by atoms with Crippen molar-refractivity contribution in [3.63, 3.8) is 0 Å². The number of nitrogens with zero attached hydrogens (tertiary/aromatic N) is 2. The standard InChI is InChI=1S/C14H14N2O2S2/c17-10(8-19)13(18)12-11(9-4-2-1-3-5-9)15-14-16(12)6-7-20-14/h1-7,10,13,17-19H,8H2. The van der Waals surface area contributed by atoms with Crippen molar-refractivity contribution >= 4 is 28.9 Å². The Kier molecular flexibility index (Phi) is 3.80. The monoisotopic (exact) mass is 306 g/mol. The number of aromatic nitrogens is 2. The van der Waals surface area contributed by atoms with Crippen LogP contribution in [-0.2, 0) is 0 Å². The van der Waals surface area contributed by atoms with E-state index >= 15 is 0 Å². The van der Waals surface area contributed by atoms with E-state index in [1.54, 1.807) is 0 Å². The molecule has 4 nitrogen and oxygen atoms in total. The summed E-state index contributed by atoms with van der Waals surface area (Å²) in [6.07, 6.45) is -0.101. The fourth-order valence-electron chi connectivity index (χ4n) is 2.18. The van der Waals surface area contributed by atoms with Crippen LogP contribution in [0.4, 0.5) is 0 Å². The average Bonchev–Trinajstić information content (AvgIpc) is 3.07. The van der Waals surface area contributed by atoms with Crippen LogP contribution in [-0.4, -0.2) is 31.5 Å². The van der Waals surface area contributed by atoms with Crippen LogP contribution in [0.5, 0.6) is 0 Å². The molecule has 2 aromatic heterocycles. The maximum Gasteiger partial charge on any atom is 0.194 e. The minimum Gasteiger partial charge on any atom is -0.389 e. The lowest BCUT2D eigenvalue weighted by molar-refractivity contribution is 0.0309. The Hall–Kier alpha value is -1.34. The lowest BCUT2D eigenvalue weighted by Gasteiger charge is -2.16. The highest BCUT2D eigenvalue weighted by atomic mass is 32.1. The average molecular weight is 306 g/mol. The molecule has 6 heteroatoms. The molecule has 0 saturated heterocycles. The molecule has 2 heterocycles. The molecule has 2 atom stereocenters. The Morgan fingerprint density at radius 3 is 2.70 bits per heavy atom. The van der Waals surface area contributed by atoms with E-state index in [9.17, 15) is 10.2 Å². The predicted molar refractivity (Wildman–Crippen MR) is 83.3 cm³/mol. The van der Waals surface area contributed by atoms with Crippen LogP contribution in [0.2, 0.25) is 0 Å². The van der Waals surface area contributed by atoms with Gasteiger partial charge in [-0.3, -0.25) is 4.40 Å². The Labute approximate surface area is 125 Å². The second kappa shape index (κ2) is 5.57. The summed E-state index contributed by atoms with van der Waals surface area (Å²) in [5.41, 5.74) is 2.23. The number of benzene rings is 1. The van der Waals surface area contributed by atoms with E-state index in [2.05, 4.69) is 17.6 Å². The Morgan fingerprint density at radius 2 is 2.00 bits per heavy atom. The first-order valence-corrected chi connectivity index (χ1v) is 7.71. The van der Waals surface area contributed by atoms with Gasteiger partial charge in [-0.1, -0.05) is 30.3 Å². The first kappa shape index (κ1) is 13.6. The molecule has 20 heavy (non-hydrogen) atoms. The third kappa shape index (κ3) is 2.25. The lowest BCUT2D eigenvalue weighted by atomic mass is 10.0. The molecule has 2 N–H and O–H groups in total. The zero-order valence-corrected chi connectivity index (χ0v) is 12.3. The first-order chi connectivity index (χ1) is 9.72. The summed E-state index contributed by atoms with van der Waals surface area (Å²) in [7, 11) is 0. The highest BCUT2D eigenvalue weighted by molar-refractivity contribution is 7.80. The second-order valence-electron chi connectivity index (χ2n) is 4.46. The molecule has 1 aromatic carbocycles. The van der Waals surface area contributed by atoms with Gasteiger partial charge < -0.3 is 10.2 Å². The Bertz CT molecular complexity index is 708. The molecule has 0 fully saturated rings. The van der Waals surface area contributed by atoms with Crippen molar-refractivity contribution in [1.82, 2.24) is 9.38 Å². The van der Waals surface area contributed by atoms with Gasteiger partial charge in [0.2, 0.25) is 0 Å². The van der Waals surface area contributed by atoms with Gasteiger partial charge in [-0.2, -0.15) is 12.6 Å². The molecule has 3 aromatic rings. The molecule has 0 saturated carbocycles. The van der Waals surface area contributed by atoms with Gasteiger partial charge in [0.15, 0.2) is 4.96 Å². The molecule has 0 aliphatic heterocycles. The molecule has 104 valence electrons. The fourth-order valence-corrected chi connectivity index (χ4v) is 3.10. The third-order valence-corrected chi connectivity index (χ3v) is 4.31. The summed E-state index contributed by atoms with van der Waals surface area (Å²) >= 11 is 5.54. The van der Waals surface area contributed by atoms with Crippen molar-refractivity contribution in [2.75, 3.05) is 5.75 Å². The maximum absolute atomic E-state index is 10.4. The number of aliphatic hydroxyl groups excluding tert-OH is 2. The summed E-state index contributed by atoms with van der Waals surface area (Å²) < 4.78 is 1.82. The third-order valence-electron chi connectivity index (χ3n) is 3.18. The smallest absolute Gasteiger partial charge is 0.194 e. The fraction of sp³-hybridized carbons (Fsp3) is 0.214. The second-order valence-corrected chi connectivity index (χ2v) is 5.70. The molecule has 0 spiro atoms. The lowest BCUT2D eigenvalue weighted by Crippen LogP contribution is -2.21. The normalized spacial score (nSPS) is 14.6. The number of thiazole rings is 1. The minimum absolute atomic E-state index is 0.187. The van der Waals surface area contributed by atoms with Gasteiger partial charge in [0.05, 0.1) is 17.5 Å². The quantitative estimate of drug-likeness (QED) is 0.649. The van der Waals surface area contributed by atoms with Crippen molar-refractivity contribution in [2.45, 2.75) is 12.2 Å². The Morgan fingerprint density at radius 1 is 1.25 bits per heavy atom. The van der Waals surface area contributed by atoms with E-state index in [1.165, 1.54) is 11.3 Å². The van der Waals surface area contributed by atoms with Crippen LogP contribution >= 0.6 is 24.0 Å². The summed E-state index contributed by atoms with van der Waals surface area (Å²) in [6.45, 7) is 0. The van der Waals surface area contributed by atoms with Gasteiger partial charge in [0, 0.05) is 22.9 Å². The van der Waals surface area contributed by atoms with Crippen LogP contribution in [0.1, 0.15) is 11.8 Å². The molecule has 0 amide bonds. The van der Waals surface area contributed by atoms with Crippen molar-refractivity contribution in [3.8, 4) is 11.3 Å². The Balaban J connectivity index is 2.19. The van der Waals surface area contributed by atoms with Gasteiger partial charge in [-0.15, -0.1) is 11.3 Å². The van der Waals surface area contributed by atoms with Crippen LogP contribution in [0.25, 0.3) is 16.2 Å². The maximum atomic E-state index is 10.4. The van der Waals surface area contributed by atoms with E-state index in [1.807, 2.05) is 46.3 Å². The van der Waals surface area contributed by atoms with Gasteiger partial charge in [-0.25, -0.2) is 4.98 Å². The van der Waals surface area contributed by atoms with Crippen molar-refractivity contribution in [2.24, 2.45) is 0 Å². The summed E-state index contributed by atoms with van der Waals surface area (Å²) in [6, 6.07) is 9.66. The number of rotatable bonds is 4. The number of fused-ring (bicyclic) bond motifs is 1. The van der Waals surface area contributed by atoms with E-state index in [0.717, 1.165) is 10.5 Å². The van der Waals surface area contributed by atoms with Crippen LogP contribution in [0.3, 0.4) is 0 Å². The molecule has 0 bridgehead atoms. The molecule has 0 aliphatic rings. The summed E-state index contributed by atoms with van der Waals surface area (Å²) in [4.78, 5) is 5.36. The number of aliphatic hydroxyl groups is 2. The van der Waals surface area contributed by atoms with Crippen LogP contribution < -0.4 is 0 Å². The summed E-state index contributed by atoms with van der Waals surface area (Å²) in [5, 5.41) is 22.2. The zero-order chi connectivity index (χ0) is 14.1. The van der Waals surface area contributed by atoms with E-state index < -0.39 is 12.2 Å². The molecule has 3 rings (SSSR count). The van der Waals surface area contributed by atoms with Gasteiger partial charge >= 0.3 is 0 Å². The number of thiol groups is 1. The van der Waals surface area contributed by atoms with Crippen LogP contribution in [0, 0.1) is 0 Å². The van der Waals surface area contributed by atoms with Gasteiger partial charge in [-0.05, 0) is 0 Å².